The highest BCUT2D eigenvalue weighted by atomic mass is 19.1. The van der Waals surface area contributed by atoms with Crippen molar-refractivity contribution in [3.63, 3.8) is 0 Å². The lowest BCUT2D eigenvalue weighted by molar-refractivity contribution is 0.144. The molecule has 2 N–H and O–H groups in total. The first-order valence-electron chi connectivity index (χ1n) is 4.31. The Morgan fingerprint density at radius 1 is 1.45 bits per heavy atom. The molecule has 1 rings (SSSR count). The Morgan fingerprint density at radius 2 is 2.27 bits per heavy atom. The Bertz CT molecular complexity index is 109. The van der Waals surface area contributed by atoms with Gasteiger partial charge in [0.25, 0.3) is 0 Å². The third-order valence-corrected chi connectivity index (χ3v) is 2.22. The summed E-state index contributed by atoms with van der Waals surface area (Å²) in [5.41, 5.74) is -0.960. The topological polar surface area (TPSA) is 24.1 Å². The minimum Gasteiger partial charge on any atom is -0.317 e. The number of rotatable bonds is 2. The lowest BCUT2D eigenvalue weighted by Crippen LogP contribution is -2.35. The van der Waals surface area contributed by atoms with Gasteiger partial charge in [0.15, 0.2) is 0 Å². The van der Waals surface area contributed by atoms with Gasteiger partial charge in [0.1, 0.15) is 5.67 Å². The lowest BCUT2D eigenvalue weighted by atomic mass is 9.97. The molecule has 0 amide bonds. The first-order chi connectivity index (χ1) is 5.27. The van der Waals surface area contributed by atoms with Gasteiger partial charge in [-0.1, -0.05) is 0 Å². The second-order valence-corrected chi connectivity index (χ2v) is 3.28. The Labute approximate surface area is 67.6 Å². The van der Waals surface area contributed by atoms with Crippen molar-refractivity contribution in [3.05, 3.63) is 0 Å². The van der Waals surface area contributed by atoms with Gasteiger partial charge in [0.2, 0.25) is 0 Å². The van der Waals surface area contributed by atoms with Gasteiger partial charge >= 0.3 is 0 Å². The van der Waals surface area contributed by atoms with Crippen LogP contribution >= 0.6 is 0 Å². The number of alkyl halides is 1. The van der Waals surface area contributed by atoms with Gasteiger partial charge < -0.3 is 10.6 Å². The molecule has 1 atom stereocenters. The predicted molar refractivity (Wildman–Crippen MR) is 44.5 cm³/mol. The molecular weight excluding hydrogens is 143 g/mol. The van der Waals surface area contributed by atoms with E-state index < -0.39 is 5.67 Å². The fourth-order valence-electron chi connectivity index (χ4n) is 1.59. The highest BCUT2D eigenvalue weighted by Crippen LogP contribution is 2.22. The fraction of sp³-hybridized carbons (Fsp3) is 1.00. The molecular formula is C8H17FN2. The Balaban J connectivity index is 2.38. The summed E-state index contributed by atoms with van der Waals surface area (Å²) in [7, 11) is 1.81. The van der Waals surface area contributed by atoms with Crippen molar-refractivity contribution in [2.45, 2.75) is 24.9 Å². The zero-order valence-electron chi connectivity index (χ0n) is 7.12. The minimum absolute atomic E-state index is 0.495. The molecule has 1 aliphatic heterocycles. The largest absolute Gasteiger partial charge is 0.317 e. The molecule has 3 heteroatoms. The monoisotopic (exact) mass is 160 g/mol. The van der Waals surface area contributed by atoms with Gasteiger partial charge in [-0.05, 0) is 39.4 Å². The maximum atomic E-state index is 13.7. The fourth-order valence-corrected chi connectivity index (χ4v) is 1.59. The summed E-state index contributed by atoms with van der Waals surface area (Å²) < 4.78 is 13.7. The lowest BCUT2D eigenvalue weighted by Gasteiger charge is -2.22. The van der Waals surface area contributed by atoms with Crippen LogP contribution in [-0.4, -0.2) is 32.4 Å². The van der Waals surface area contributed by atoms with Crippen LogP contribution in [0.5, 0.6) is 0 Å². The summed E-state index contributed by atoms with van der Waals surface area (Å²) in [4.78, 5) is 0. The van der Waals surface area contributed by atoms with Gasteiger partial charge in [0.05, 0.1) is 0 Å². The zero-order chi connectivity index (χ0) is 8.16. The molecule has 0 spiro atoms. The summed E-state index contributed by atoms with van der Waals surface area (Å²) in [6.07, 6.45) is 2.30. The highest BCUT2D eigenvalue weighted by Gasteiger charge is 2.29. The molecule has 11 heavy (non-hydrogen) atoms. The molecule has 1 aliphatic rings. The van der Waals surface area contributed by atoms with Crippen LogP contribution in [0.25, 0.3) is 0 Å². The van der Waals surface area contributed by atoms with Gasteiger partial charge in [0, 0.05) is 6.54 Å². The SMILES string of the molecule is CNCC1(F)CCCNCC1. The van der Waals surface area contributed by atoms with Crippen LogP contribution in [0.2, 0.25) is 0 Å². The molecule has 0 saturated carbocycles. The summed E-state index contributed by atoms with van der Waals surface area (Å²) in [5.74, 6) is 0. The average molecular weight is 160 g/mol. The minimum atomic E-state index is -0.960. The molecule has 0 bridgehead atoms. The smallest absolute Gasteiger partial charge is 0.124 e. The van der Waals surface area contributed by atoms with E-state index in [1.807, 2.05) is 0 Å². The van der Waals surface area contributed by atoms with E-state index >= 15 is 0 Å². The van der Waals surface area contributed by atoms with Gasteiger partial charge in [-0.25, -0.2) is 4.39 Å². The summed E-state index contributed by atoms with van der Waals surface area (Å²) in [6, 6.07) is 0. The van der Waals surface area contributed by atoms with Crippen LogP contribution in [-0.2, 0) is 0 Å². The normalized spacial score (nSPS) is 33.3. The molecule has 1 fully saturated rings. The maximum Gasteiger partial charge on any atom is 0.124 e. The first-order valence-corrected chi connectivity index (χ1v) is 4.31. The molecule has 1 heterocycles. The van der Waals surface area contributed by atoms with Crippen LogP contribution in [0.3, 0.4) is 0 Å². The maximum absolute atomic E-state index is 13.7. The van der Waals surface area contributed by atoms with Gasteiger partial charge in [-0.2, -0.15) is 0 Å². The molecule has 0 radical (unpaired) electrons. The number of hydrogen-bond donors (Lipinski definition) is 2. The van der Waals surface area contributed by atoms with Gasteiger partial charge in [-0.15, -0.1) is 0 Å². The van der Waals surface area contributed by atoms with E-state index in [2.05, 4.69) is 10.6 Å². The van der Waals surface area contributed by atoms with Crippen LogP contribution in [0.4, 0.5) is 4.39 Å². The molecule has 1 unspecified atom stereocenters. The van der Waals surface area contributed by atoms with Crippen molar-refractivity contribution >= 4 is 0 Å². The van der Waals surface area contributed by atoms with Gasteiger partial charge in [-0.3, -0.25) is 0 Å². The van der Waals surface area contributed by atoms with Crippen LogP contribution < -0.4 is 10.6 Å². The number of hydrogen-bond acceptors (Lipinski definition) is 2. The number of halogens is 1. The van der Waals surface area contributed by atoms with Crippen molar-refractivity contribution in [1.82, 2.24) is 10.6 Å². The number of nitrogens with one attached hydrogen (secondary N) is 2. The van der Waals surface area contributed by atoms with Crippen LogP contribution in [0.1, 0.15) is 19.3 Å². The second-order valence-electron chi connectivity index (χ2n) is 3.28. The molecule has 66 valence electrons. The van der Waals surface area contributed by atoms with E-state index in [1.54, 1.807) is 7.05 Å². The molecule has 0 aromatic heterocycles. The highest BCUT2D eigenvalue weighted by molar-refractivity contribution is 4.84. The third kappa shape index (κ3) is 2.75. The van der Waals surface area contributed by atoms with E-state index in [4.69, 9.17) is 0 Å². The summed E-state index contributed by atoms with van der Waals surface area (Å²) in [6.45, 7) is 2.28. The standard InChI is InChI=1S/C8H17FN2/c1-10-7-8(9)3-2-5-11-6-4-8/h10-11H,2-7H2,1H3. The molecule has 0 aromatic carbocycles. The third-order valence-electron chi connectivity index (χ3n) is 2.22. The first kappa shape index (κ1) is 8.94. The van der Waals surface area contributed by atoms with Crippen LogP contribution in [0.15, 0.2) is 0 Å². The molecule has 1 saturated heterocycles. The predicted octanol–water partition coefficient (Wildman–Crippen LogP) is 0.688. The van der Waals surface area contributed by atoms with Crippen molar-refractivity contribution in [2.75, 3.05) is 26.7 Å². The molecule has 0 aromatic rings. The van der Waals surface area contributed by atoms with Crippen molar-refractivity contribution < 1.29 is 4.39 Å². The Morgan fingerprint density at radius 3 is 3.00 bits per heavy atom. The van der Waals surface area contributed by atoms with Crippen molar-refractivity contribution in [2.24, 2.45) is 0 Å². The Kier molecular flexibility index (Phi) is 3.27. The van der Waals surface area contributed by atoms with Crippen LogP contribution in [0, 0.1) is 0 Å². The van der Waals surface area contributed by atoms with E-state index in [1.165, 1.54) is 0 Å². The summed E-state index contributed by atoms with van der Waals surface area (Å²) in [5, 5.41) is 6.10. The second kappa shape index (κ2) is 4.02. The molecule has 2 nitrogen and oxygen atoms in total. The molecule has 0 aliphatic carbocycles. The summed E-state index contributed by atoms with van der Waals surface area (Å²) >= 11 is 0. The van der Waals surface area contributed by atoms with Crippen molar-refractivity contribution in [3.8, 4) is 0 Å². The van der Waals surface area contributed by atoms with E-state index in [0.29, 0.717) is 19.4 Å². The zero-order valence-corrected chi connectivity index (χ0v) is 7.12. The quantitative estimate of drug-likeness (QED) is 0.621. The Hall–Kier alpha value is -0.150. The van der Waals surface area contributed by atoms with Crippen molar-refractivity contribution in [1.29, 1.82) is 0 Å². The van der Waals surface area contributed by atoms with E-state index in [-0.39, 0.29) is 0 Å². The average Bonchev–Trinajstić information content (AvgIpc) is 2.15. The van der Waals surface area contributed by atoms with E-state index in [0.717, 1.165) is 19.5 Å². The van der Waals surface area contributed by atoms with E-state index in [9.17, 15) is 4.39 Å².